The minimum Gasteiger partial charge on any atom is -0.326 e. The molecule has 0 rings (SSSR count). The predicted molar refractivity (Wildman–Crippen MR) is 48.4 cm³/mol. The van der Waals surface area contributed by atoms with E-state index in [0.29, 0.717) is 0 Å². The summed E-state index contributed by atoms with van der Waals surface area (Å²) in [6.07, 6.45) is 1.98. The van der Waals surface area contributed by atoms with Gasteiger partial charge in [-0.2, -0.15) is 0 Å². The molecule has 1 radical (unpaired) electrons. The molecule has 0 aliphatic carbocycles. The molecule has 3 heteroatoms. The van der Waals surface area contributed by atoms with E-state index in [-0.39, 0.29) is 12.1 Å². The SMILES string of the molecule is CCC(N)C[N]CC(N)CC. The maximum atomic E-state index is 5.67. The Morgan fingerprint density at radius 3 is 1.64 bits per heavy atom. The molecular weight excluding hydrogens is 138 g/mol. The van der Waals surface area contributed by atoms with Gasteiger partial charge in [0.15, 0.2) is 0 Å². The van der Waals surface area contributed by atoms with E-state index in [1.165, 1.54) is 0 Å². The summed E-state index contributed by atoms with van der Waals surface area (Å²) >= 11 is 0. The summed E-state index contributed by atoms with van der Waals surface area (Å²) in [5.41, 5.74) is 11.3. The molecule has 0 spiro atoms. The molecular formula is C8H20N3. The van der Waals surface area contributed by atoms with E-state index in [1.807, 2.05) is 0 Å². The van der Waals surface area contributed by atoms with Gasteiger partial charge in [0.25, 0.3) is 0 Å². The Morgan fingerprint density at radius 1 is 1.00 bits per heavy atom. The Kier molecular flexibility index (Phi) is 6.51. The van der Waals surface area contributed by atoms with Gasteiger partial charge < -0.3 is 11.5 Å². The average molecular weight is 158 g/mol. The van der Waals surface area contributed by atoms with Crippen LogP contribution >= 0.6 is 0 Å². The normalized spacial score (nSPS) is 16.4. The Bertz CT molecular complexity index is 75.4. The van der Waals surface area contributed by atoms with Crippen molar-refractivity contribution in [2.45, 2.75) is 38.8 Å². The van der Waals surface area contributed by atoms with Crippen molar-refractivity contribution in [2.24, 2.45) is 11.5 Å². The molecule has 0 heterocycles. The van der Waals surface area contributed by atoms with Crippen LogP contribution in [-0.4, -0.2) is 25.2 Å². The Labute approximate surface area is 69.5 Å². The third kappa shape index (κ3) is 6.28. The third-order valence-electron chi connectivity index (χ3n) is 1.78. The van der Waals surface area contributed by atoms with Crippen LogP contribution in [0.1, 0.15) is 26.7 Å². The average Bonchev–Trinajstić information content (AvgIpc) is 2.04. The summed E-state index contributed by atoms with van der Waals surface area (Å²) in [6, 6.07) is 0.443. The molecule has 4 N–H and O–H groups in total. The molecule has 0 amide bonds. The first-order valence-electron chi connectivity index (χ1n) is 4.35. The monoisotopic (exact) mass is 158 g/mol. The summed E-state index contributed by atoms with van der Waals surface area (Å²) in [5, 5.41) is 4.26. The largest absolute Gasteiger partial charge is 0.326 e. The zero-order valence-electron chi connectivity index (χ0n) is 7.59. The summed E-state index contributed by atoms with van der Waals surface area (Å²) < 4.78 is 0. The molecule has 0 aliphatic heterocycles. The smallest absolute Gasteiger partial charge is 0.0285 e. The molecule has 0 fully saturated rings. The van der Waals surface area contributed by atoms with E-state index in [1.54, 1.807) is 0 Å². The molecule has 11 heavy (non-hydrogen) atoms. The minimum absolute atomic E-state index is 0.221. The topological polar surface area (TPSA) is 66.1 Å². The summed E-state index contributed by atoms with van der Waals surface area (Å²) in [4.78, 5) is 0. The van der Waals surface area contributed by atoms with Crippen LogP contribution in [0.5, 0.6) is 0 Å². The molecule has 0 saturated heterocycles. The Balaban J connectivity index is 3.13. The number of nitrogens with zero attached hydrogens (tertiary/aromatic N) is 1. The molecule has 0 aliphatic rings. The van der Waals surface area contributed by atoms with E-state index in [4.69, 9.17) is 11.5 Å². The summed E-state index contributed by atoms with van der Waals surface area (Å²) in [7, 11) is 0. The van der Waals surface area contributed by atoms with Crippen molar-refractivity contribution < 1.29 is 0 Å². The van der Waals surface area contributed by atoms with E-state index in [2.05, 4.69) is 19.2 Å². The van der Waals surface area contributed by atoms with E-state index >= 15 is 0 Å². The lowest BCUT2D eigenvalue weighted by Crippen LogP contribution is -2.35. The first-order chi connectivity index (χ1) is 5.20. The van der Waals surface area contributed by atoms with E-state index in [9.17, 15) is 0 Å². The standard InChI is InChI=1S/C8H20N3/c1-3-7(9)5-11-6-8(10)4-2/h7-8H,3-6,9-10H2,1-2H3. The van der Waals surface area contributed by atoms with Gasteiger partial charge >= 0.3 is 0 Å². The fourth-order valence-electron chi connectivity index (χ4n) is 0.664. The second-order valence-corrected chi connectivity index (χ2v) is 2.93. The van der Waals surface area contributed by atoms with Crippen molar-refractivity contribution in [3.05, 3.63) is 0 Å². The van der Waals surface area contributed by atoms with Gasteiger partial charge in [0.05, 0.1) is 0 Å². The first-order valence-corrected chi connectivity index (χ1v) is 4.35. The molecule has 3 nitrogen and oxygen atoms in total. The lowest BCUT2D eigenvalue weighted by Gasteiger charge is -2.11. The summed E-state index contributed by atoms with van der Waals surface area (Å²) in [6.45, 7) is 5.65. The van der Waals surface area contributed by atoms with Crippen LogP contribution in [-0.2, 0) is 0 Å². The molecule has 0 aromatic heterocycles. The van der Waals surface area contributed by atoms with Crippen molar-refractivity contribution >= 4 is 0 Å². The van der Waals surface area contributed by atoms with Crippen molar-refractivity contribution in [1.82, 2.24) is 5.32 Å². The Hall–Kier alpha value is -0.120. The number of hydrogen-bond acceptors (Lipinski definition) is 2. The van der Waals surface area contributed by atoms with E-state index in [0.717, 1.165) is 25.9 Å². The van der Waals surface area contributed by atoms with Gasteiger partial charge in [0.2, 0.25) is 0 Å². The lowest BCUT2D eigenvalue weighted by atomic mass is 10.2. The second kappa shape index (κ2) is 6.58. The highest BCUT2D eigenvalue weighted by Crippen LogP contribution is 1.86. The highest BCUT2D eigenvalue weighted by molar-refractivity contribution is 4.66. The van der Waals surface area contributed by atoms with Crippen molar-refractivity contribution in [1.29, 1.82) is 0 Å². The molecule has 2 atom stereocenters. The quantitative estimate of drug-likeness (QED) is 0.574. The number of nitrogens with two attached hydrogens (primary N) is 2. The molecule has 0 bridgehead atoms. The van der Waals surface area contributed by atoms with Gasteiger partial charge in [-0.25, -0.2) is 5.32 Å². The van der Waals surface area contributed by atoms with Crippen LogP contribution in [0.3, 0.4) is 0 Å². The number of hydrogen-bond donors (Lipinski definition) is 2. The molecule has 67 valence electrons. The van der Waals surface area contributed by atoms with Crippen LogP contribution in [0.25, 0.3) is 0 Å². The fourth-order valence-corrected chi connectivity index (χ4v) is 0.664. The van der Waals surface area contributed by atoms with Crippen LogP contribution in [0.2, 0.25) is 0 Å². The van der Waals surface area contributed by atoms with Crippen LogP contribution in [0.4, 0.5) is 0 Å². The molecule has 0 aromatic rings. The Morgan fingerprint density at radius 2 is 1.36 bits per heavy atom. The summed E-state index contributed by atoms with van der Waals surface area (Å²) in [5.74, 6) is 0. The van der Waals surface area contributed by atoms with Gasteiger partial charge in [-0.05, 0) is 12.8 Å². The lowest BCUT2D eigenvalue weighted by molar-refractivity contribution is 0.509. The maximum Gasteiger partial charge on any atom is 0.0285 e. The number of rotatable bonds is 6. The second-order valence-electron chi connectivity index (χ2n) is 2.93. The van der Waals surface area contributed by atoms with Crippen LogP contribution in [0, 0.1) is 0 Å². The predicted octanol–water partition coefficient (Wildman–Crippen LogP) is 0.0654. The molecule has 2 unspecified atom stereocenters. The van der Waals surface area contributed by atoms with Gasteiger partial charge in [0, 0.05) is 25.2 Å². The highest BCUT2D eigenvalue weighted by atomic mass is 14.9. The third-order valence-corrected chi connectivity index (χ3v) is 1.78. The first kappa shape index (κ1) is 10.9. The highest BCUT2D eigenvalue weighted by Gasteiger charge is 2.01. The van der Waals surface area contributed by atoms with Gasteiger partial charge in [0.1, 0.15) is 0 Å². The van der Waals surface area contributed by atoms with E-state index < -0.39 is 0 Å². The fraction of sp³-hybridized carbons (Fsp3) is 1.00. The van der Waals surface area contributed by atoms with Crippen molar-refractivity contribution in [3.8, 4) is 0 Å². The van der Waals surface area contributed by atoms with Crippen molar-refractivity contribution in [2.75, 3.05) is 13.1 Å². The zero-order valence-corrected chi connectivity index (χ0v) is 7.59. The zero-order chi connectivity index (χ0) is 8.69. The van der Waals surface area contributed by atoms with Gasteiger partial charge in [-0.15, -0.1) is 0 Å². The molecule has 0 saturated carbocycles. The van der Waals surface area contributed by atoms with Crippen LogP contribution in [0.15, 0.2) is 0 Å². The minimum atomic E-state index is 0.221. The van der Waals surface area contributed by atoms with Gasteiger partial charge in [-0.3, -0.25) is 0 Å². The van der Waals surface area contributed by atoms with Crippen molar-refractivity contribution in [3.63, 3.8) is 0 Å². The van der Waals surface area contributed by atoms with Crippen LogP contribution < -0.4 is 16.8 Å². The van der Waals surface area contributed by atoms with Gasteiger partial charge in [-0.1, -0.05) is 13.8 Å². The maximum absolute atomic E-state index is 5.67. The molecule has 0 aromatic carbocycles.